The summed E-state index contributed by atoms with van der Waals surface area (Å²) in [5.41, 5.74) is 9.74. The Morgan fingerprint density at radius 1 is 1.35 bits per heavy atom. The molecule has 92 valence electrons. The zero-order chi connectivity index (χ0) is 12.3. The van der Waals surface area contributed by atoms with E-state index < -0.39 is 0 Å². The average Bonchev–Trinajstić information content (AvgIpc) is 2.73. The minimum atomic E-state index is 0.124. The van der Waals surface area contributed by atoms with Crippen LogP contribution in [0, 0.1) is 0 Å². The largest absolute Gasteiger partial charge is 0.328 e. The fourth-order valence-corrected chi connectivity index (χ4v) is 2.44. The van der Waals surface area contributed by atoms with Gasteiger partial charge in [0.05, 0.1) is 0 Å². The summed E-state index contributed by atoms with van der Waals surface area (Å²) in [5, 5.41) is 0. The zero-order valence-corrected chi connectivity index (χ0v) is 10.5. The fourth-order valence-electron chi connectivity index (χ4n) is 2.44. The summed E-state index contributed by atoms with van der Waals surface area (Å²) in [6, 6.07) is 6.63. The number of carbonyl (C=O) groups is 1. The number of hydrogen-bond acceptors (Lipinski definition) is 2. The summed E-state index contributed by atoms with van der Waals surface area (Å²) in [6.45, 7) is 1.95. The Bertz CT molecular complexity index is 409. The number of ketones is 1. The van der Waals surface area contributed by atoms with Crippen molar-refractivity contribution in [3.8, 4) is 0 Å². The van der Waals surface area contributed by atoms with Crippen LogP contribution in [0.1, 0.15) is 42.9 Å². The highest BCUT2D eigenvalue weighted by molar-refractivity contribution is 5.80. The van der Waals surface area contributed by atoms with Crippen LogP contribution in [0.5, 0.6) is 0 Å². The lowest BCUT2D eigenvalue weighted by Gasteiger charge is -2.06. The molecule has 0 saturated heterocycles. The second kappa shape index (κ2) is 5.46. The van der Waals surface area contributed by atoms with E-state index in [1.807, 2.05) is 6.92 Å². The Morgan fingerprint density at radius 3 is 2.88 bits per heavy atom. The predicted octanol–water partition coefficient (Wildman–Crippen LogP) is 2.41. The first kappa shape index (κ1) is 12.3. The van der Waals surface area contributed by atoms with E-state index in [1.165, 1.54) is 36.0 Å². The van der Waals surface area contributed by atoms with Crippen LogP contribution in [0.2, 0.25) is 0 Å². The van der Waals surface area contributed by atoms with Crippen LogP contribution in [0.4, 0.5) is 0 Å². The number of hydrogen-bond donors (Lipinski definition) is 1. The van der Waals surface area contributed by atoms with Gasteiger partial charge < -0.3 is 5.73 Å². The second-order valence-corrected chi connectivity index (χ2v) is 5.19. The molecular weight excluding hydrogens is 210 g/mol. The smallest absolute Gasteiger partial charge is 0.137 e. The van der Waals surface area contributed by atoms with Crippen LogP contribution in [-0.2, 0) is 24.1 Å². The molecule has 0 fully saturated rings. The van der Waals surface area contributed by atoms with Crippen molar-refractivity contribution in [3.05, 3.63) is 34.9 Å². The molecule has 1 aromatic carbocycles. The third-order valence-electron chi connectivity index (χ3n) is 3.44. The molecule has 17 heavy (non-hydrogen) atoms. The molecule has 0 aromatic heterocycles. The van der Waals surface area contributed by atoms with Crippen molar-refractivity contribution in [2.75, 3.05) is 0 Å². The normalized spacial score (nSPS) is 15.6. The zero-order valence-electron chi connectivity index (χ0n) is 10.5. The molecule has 2 nitrogen and oxygen atoms in total. The summed E-state index contributed by atoms with van der Waals surface area (Å²) in [7, 11) is 0. The monoisotopic (exact) mass is 231 g/mol. The van der Waals surface area contributed by atoms with E-state index in [-0.39, 0.29) is 6.04 Å². The quantitative estimate of drug-likeness (QED) is 0.845. The number of aryl methyl sites for hydroxylation is 2. The van der Waals surface area contributed by atoms with Crippen molar-refractivity contribution in [2.45, 2.75) is 51.5 Å². The van der Waals surface area contributed by atoms with Crippen molar-refractivity contribution in [1.29, 1.82) is 0 Å². The maximum Gasteiger partial charge on any atom is 0.137 e. The van der Waals surface area contributed by atoms with Gasteiger partial charge in [-0.1, -0.05) is 18.2 Å². The lowest BCUT2D eigenvalue weighted by molar-refractivity contribution is -0.118. The maximum atomic E-state index is 11.8. The Hall–Kier alpha value is -1.15. The van der Waals surface area contributed by atoms with Crippen molar-refractivity contribution in [2.24, 2.45) is 5.73 Å². The maximum absolute atomic E-state index is 11.8. The molecule has 0 aliphatic heterocycles. The first-order valence-electron chi connectivity index (χ1n) is 6.53. The van der Waals surface area contributed by atoms with Gasteiger partial charge in [-0.05, 0) is 49.3 Å². The van der Waals surface area contributed by atoms with Gasteiger partial charge in [0, 0.05) is 18.9 Å². The fraction of sp³-hybridized carbons (Fsp3) is 0.533. The SMILES string of the molecule is CC(N)CCC(=O)Cc1ccc2c(c1)CCC2. The lowest BCUT2D eigenvalue weighted by Crippen LogP contribution is -2.17. The van der Waals surface area contributed by atoms with E-state index in [9.17, 15) is 4.79 Å². The summed E-state index contributed by atoms with van der Waals surface area (Å²) < 4.78 is 0. The van der Waals surface area contributed by atoms with Crippen LogP contribution >= 0.6 is 0 Å². The molecule has 2 N–H and O–H groups in total. The molecule has 1 aromatic rings. The molecule has 0 saturated carbocycles. The van der Waals surface area contributed by atoms with E-state index >= 15 is 0 Å². The number of benzene rings is 1. The van der Waals surface area contributed by atoms with Crippen LogP contribution in [0.3, 0.4) is 0 Å². The molecule has 1 atom stereocenters. The van der Waals surface area contributed by atoms with Crippen LogP contribution in [0.25, 0.3) is 0 Å². The number of rotatable bonds is 5. The number of carbonyl (C=O) groups excluding carboxylic acids is 1. The van der Waals surface area contributed by atoms with Crippen LogP contribution in [-0.4, -0.2) is 11.8 Å². The van der Waals surface area contributed by atoms with Crippen molar-refractivity contribution in [1.82, 2.24) is 0 Å². The molecule has 2 rings (SSSR count). The molecule has 1 unspecified atom stereocenters. The van der Waals surface area contributed by atoms with E-state index in [1.54, 1.807) is 0 Å². The average molecular weight is 231 g/mol. The Kier molecular flexibility index (Phi) is 3.95. The second-order valence-electron chi connectivity index (χ2n) is 5.19. The van der Waals surface area contributed by atoms with Gasteiger partial charge in [-0.25, -0.2) is 0 Å². The molecule has 0 bridgehead atoms. The van der Waals surface area contributed by atoms with Crippen LogP contribution < -0.4 is 5.73 Å². The third kappa shape index (κ3) is 3.40. The molecule has 0 heterocycles. The summed E-state index contributed by atoms with van der Waals surface area (Å²) in [4.78, 5) is 11.8. The first-order valence-corrected chi connectivity index (χ1v) is 6.53. The molecule has 0 amide bonds. The van der Waals surface area contributed by atoms with Gasteiger partial charge in [0.15, 0.2) is 0 Å². The van der Waals surface area contributed by atoms with Gasteiger partial charge in [-0.15, -0.1) is 0 Å². The molecule has 1 aliphatic carbocycles. The first-order chi connectivity index (χ1) is 8.15. The Balaban J connectivity index is 1.92. The van der Waals surface area contributed by atoms with Crippen molar-refractivity contribution in [3.63, 3.8) is 0 Å². The number of Topliss-reactive ketones (excluding diaryl/α,β-unsaturated/α-hetero) is 1. The summed E-state index contributed by atoms with van der Waals surface area (Å²) >= 11 is 0. The van der Waals surface area contributed by atoms with Crippen LogP contribution in [0.15, 0.2) is 18.2 Å². The van der Waals surface area contributed by atoms with Gasteiger partial charge in [-0.2, -0.15) is 0 Å². The number of nitrogens with two attached hydrogens (primary N) is 1. The highest BCUT2D eigenvalue weighted by atomic mass is 16.1. The molecular formula is C15H21NO. The summed E-state index contributed by atoms with van der Waals surface area (Å²) in [5.74, 6) is 0.306. The van der Waals surface area contributed by atoms with E-state index in [4.69, 9.17) is 5.73 Å². The van der Waals surface area contributed by atoms with Gasteiger partial charge >= 0.3 is 0 Å². The highest BCUT2D eigenvalue weighted by Gasteiger charge is 2.12. The van der Waals surface area contributed by atoms with E-state index in [0.717, 1.165) is 6.42 Å². The summed E-state index contributed by atoms with van der Waals surface area (Å²) in [6.07, 6.45) is 5.61. The minimum absolute atomic E-state index is 0.124. The number of fused-ring (bicyclic) bond motifs is 1. The topological polar surface area (TPSA) is 43.1 Å². The van der Waals surface area contributed by atoms with Gasteiger partial charge in [0.25, 0.3) is 0 Å². The van der Waals surface area contributed by atoms with Gasteiger partial charge in [0.2, 0.25) is 0 Å². The van der Waals surface area contributed by atoms with Crippen molar-refractivity contribution < 1.29 is 4.79 Å². The standard InChI is InChI=1S/C15H21NO/c1-11(16)5-8-15(17)10-12-6-7-13-3-2-4-14(13)9-12/h6-7,9,11H,2-5,8,10,16H2,1H3. The van der Waals surface area contributed by atoms with Crippen molar-refractivity contribution >= 4 is 5.78 Å². The molecule has 0 spiro atoms. The highest BCUT2D eigenvalue weighted by Crippen LogP contribution is 2.23. The molecule has 1 aliphatic rings. The van der Waals surface area contributed by atoms with Gasteiger partial charge in [0.1, 0.15) is 5.78 Å². The lowest BCUT2D eigenvalue weighted by atomic mass is 10.0. The van der Waals surface area contributed by atoms with Gasteiger partial charge in [-0.3, -0.25) is 4.79 Å². The molecule has 0 radical (unpaired) electrons. The third-order valence-corrected chi connectivity index (χ3v) is 3.44. The van der Waals surface area contributed by atoms with E-state index in [0.29, 0.717) is 18.6 Å². The Morgan fingerprint density at radius 2 is 2.12 bits per heavy atom. The Labute approximate surface area is 103 Å². The van der Waals surface area contributed by atoms with E-state index in [2.05, 4.69) is 18.2 Å². The molecule has 2 heteroatoms. The predicted molar refractivity (Wildman–Crippen MR) is 70.1 cm³/mol. The minimum Gasteiger partial charge on any atom is -0.328 e.